The highest BCUT2D eigenvalue weighted by Gasteiger charge is 2.44. The Kier molecular flexibility index (Phi) is 4.43. The molecule has 0 aliphatic carbocycles. The summed E-state index contributed by atoms with van der Waals surface area (Å²) < 4.78 is 7.73. The maximum Gasteiger partial charge on any atom is 0.283 e. The van der Waals surface area contributed by atoms with Crippen molar-refractivity contribution in [2.24, 2.45) is 5.73 Å². The minimum absolute atomic E-state index is 0.0380. The third-order valence-electron chi connectivity index (χ3n) is 4.09. The van der Waals surface area contributed by atoms with E-state index in [0.29, 0.717) is 0 Å². The monoisotopic (exact) mass is 354 g/mol. The average Bonchev–Trinajstić information content (AvgIpc) is 3.09. The van der Waals surface area contributed by atoms with Gasteiger partial charge in [-0.15, -0.1) is 0 Å². The summed E-state index contributed by atoms with van der Waals surface area (Å²) in [4.78, 5) is 31.4. The third-order valence-corrected chi connectivity index (χ3v) is 4.09. The Labute approximate surface area is 140 Å². The number of anilines is 1. The van der Waals surface area contributed by atoms with Crippen molar-refractivity contribution >= 4 is 23.0 Å². The number of rotatable bonds is 5. The predicted molar refractivity (Wildman–Crippen MR) is 83.0 cm³/mol. The molecule has 12 heteroatoms. The minimum atomic E-state index is -1.35. The molecule has 0 saturated carbocycles. The zero-order valence-corrected chi connectivity index (χ0v) is 13.0. The number of fused-ring (bicyclic) bond motifs is 1. The summed E-state index contributed by atoms with van der Waals surface area (Å²) in [5.74, 6) is -0.754. The minimum Gasteiger partial charge on any atom is -0.394 e. The van der Waals surface area contributed by atoms with Gasteiger partial charge in [0.15, 0.2) is 17.4 Å². The van der Waals surface area contributed by atoms with Crippen molar-refractivity contribution in [3.05, 3.63) is 16.7 Å². The molecule has 1 amide bonds. The summed E-state index contributed by atoms with van der Waals surface area (Å²) in [5.41, 5.74) is 10.3. The van der Waals surface area contributed by atoms with E-state index in [4.69, 9.17) is 21.3 Å². The number of hydrogen-bond acceptors (Lipinski definition) is 9. The van der Waals surface area contributed by atoms with E-state index in [2.05, 4.69) is 9.97 Å². The molecule has 0 radical (unpaired) electrons. The largest absolute Gasteiger partial charge is 0.394 e. The fourth-order valence-corrected chi connectivity index (χ4v) is 2.75. The molecule has 4 atom stereocenters. The standard InChI is InChI=1S/C13H18N6O6/c14-6(21)1-2-18-11(24)7-10(17-13(18)15)19(4-16-7)12-9(23)8(22)5(3-20)25-12/h4-5,8-9,12,20,22-23H,1-3H2,(H2,14,21)(H2,15,17)/t5-,8-,9-,12-/m1/s1. The number of carbonyl (C=O) groups is 1. The Balaban J connectivity index is 2.03. The lowest BCUT2D eigenvalue weighted by Gasteiger charge is -2.17. The lowest BCUT2D eigenvalue weighted by atomic mass is 10.1. The van der Waals surface area contributed by atoms with Crippen LogP contribution in [0.4, 0.5) is 5.95 Å². The molecule has 2 aromatic heterocycles. The van der Waals surface area contributed by atoms with Crippen molar-refractivity contribution in [1.82, 2.24) is 19.1 Å². The van der Waals surface area contributed by atoms with Gasteiger partial charge in [-0.05, 0) is 0 Å². The van der Waals surface area contributed by atoms with E-state index in [1.165, 1.54) is 10.9 Å². The van der Waals surface area contributed by atoms with Crippen LogP contribution in [0.2, 0.25) is 0 Å². The summed E-state index contributed by atoms with van der Waals surface area (Å²) in [5, 5.41) is 29.1. The van der Waals surface area contributed by atoms with Crippen LogP contribution in [-0.4, -0.2) is 65.2 Å². The van der Waals surface area contributed by atoms with Crippen molar-refractivity contribution in [2.75, 3.05) is 12.3 Å². The van der Waals surface area contributed by atoms with Gasteiger partial charge in [-0.3, -0.25) is 18.7 Å². The van der Waals surface area contributed by atoms with Gasteiger partial charge in [0.25, 0.3) is 5.56 Å². The number of aromatic nitrogens is 4. The summed E-state index contributed by atoms with van der Waals surface area (Å²) in [7, 11) is 0. The Morgan fingerprint density at radius 3 is 2.68 bits per heavy atom. The fourth-order valence-electron chi connectivity index (χ4n) is 2.75. The zero-order valence-electron chi connectivity index (χ0n) is 13.0. The molecule has 12 nitrogen and oxygen atoms in total. The van der Waals surface area contributed by atoms with Crippen molar-refractivity contribution in [1.29, 1.82) is 0 Å². The second-order valence-electron chi connectivity index (χ2n) is 5.70. The number of hydrogen-bond donors (Lipinski definition) is 5. The summed E-state index contributed by atoms with van der Waals surface area (Å²) in [6.45, 7) is -0.527. The van der Waals surface area contributed by atoms with Crippen LogP contribution in [0, 0.1) is 0 Å². The molecule has 0 bridgehead atoms. The zero-order chi connectivity index (χ0) is 18.3. The van der Waals surface area contributed by atoms with Gasteiger partial charge in [0, 0.05) is 13.0 Å². The van der Waals surface area contributed by atoms with Crippen molar-refractivity contribution in [3.8, 4) is 0 Å². The van der Waals surface area contributed by atoms with Crippen molar-refractivity contribution < 1.29 is 24.9 Å². The number of ether oxygens (including phenoxy) is 1. The Morgan fingerprint density at radius 2 is 2.08 bits per heavy atom. The van der Waals surface area contributed by atoms with Gasteiger partial charge in [0.2, 0.25) is 11.9 Å². The van der Waals surface area contributed by atoms with E-state index >= 15 is 0 Å². The molecule has 1 fully saturated rings. The average molecular weight is 354 g/mol. The molecule has 1 aliphatic rings. The van der Waals surface area contributed by atoms with E-state index < -0.39 is 42.6 Å². The lowest BCUT2D eigenvalue weighted by molar-refractivity contribution is -0.118. The Bertz CT molecular complexity index is 863. The van der Waals surface area contributed by atoms with E-state index in [1.807, 2.05) is 0 Å². The second kappa shape index (κ2) is 6.40. The molecular weight excluding hydrogens is 336 g/mol. The highest BCUT2D eigenvalue weighted by molar-refractivity contribution is 5.74. The number of nitrogens with zero attached hydrogens (tertiary/aromatic N) is 4. The van der Waals surface area contributed by atoms with Gasteiger partial charge in [-0.1, -0.05) is 0 Å². The molecule has 1 saturated heterocycles. The van der Waals surface area contributed by atoms with Crippen LogP contribution in [0.25, 0.3) is 11.2 Å². The first kappa shape index (κ1) is 17.3. The number of nitrogen functional groups attached to an aromatic ring is 1. The number of aliphatic hydroxyl groups is 3. The van der Waals surface area contributed by atoms with Crippen LogP contribution in [0.3, 0.4) is 0 Å². The van der Waals surface area contributed by atoms with Crippen LogP contribution in [-0.2, 0) is 16.1 Å². The number of imidazole rings is 1. The van der Waals surface area contributed by atoms with Gasteiger partial charge in [0.1, 0.15) is 18.3 Å². The van der Waals surface area contributed by atoms with Crippen LogP contribution in [0.1, 0.15) is 12.6 Å². The van der Waals surface area contributed by atoms with Crippen molar-refractivity contribution in [3.63, 3.8) is 0 Å². The molecule has 0 unspecified atom stereocenters. The lowest BCUT2D eigenvalue weighted by Crippen LogP contribution is -2.33. The molecule has 7 N–H and O–H groups in total. The highest BCUT2D eigenvalue weighted by atomic mass is 16.6. The van der Waals surface area contributed by atoms with Crippen LogP contribution in [0.5, 0.6) is 0 Å². The fraction of sp³-hybridized carbons (Fsp3) is 0.538. The van der Waals surface area contributed by atoms with E-state index in [-0.39, 0.29) is 30.1 Å². The number of carbonyl (C=O) groups excluding carboxylic acids is 1. The molecule has 136 valence electrons. The number of primary amides is 1. The summed E-state index contributed by atoms with van der Waals surface area (Å²) in [6.07, 6.45) is -3.60. The highest BCUT2D eigenvalue weighted by Crippen LogP contribution is 2.30. The summed E-state index contributed by atoms with van der Waals surface area (Å²) >= 11 is 0. The topological polar surface area (TPSA) is 192 Å². The first-order valence-electron chi connectivity index (χ1n) is 7.48. The van der Waals surface area contributed by atoms with Crippen molar-refractivity contribution in [2.45, 2.75) is 37.5 Å². The smallest absolute Gasteiger partial charge is 0.283 e. The first-order chi connectivity index (χ1) is 11.8. The maximum absolute atomic E-state index is 12.5. The van der Waals surface area contributed by atoms with Crippen LogP contribution < -0.4 is 17.0 Å². The van der Waals surface area contributed by atoms with Crippen LogP contribution in [0.15, 0.2) is 11.1 Å². The molecule has 3 rings (SSSR count). The van der Waals surface area contributed by atoms with E-state index in [0.717, 1.165) is 4.57 Å². The summed E-state index contributed by atoms with van der Waals surface area (Å²) in [6, 6.07) is 0. The molecule has 0 spiro atoms. The Morgan fingerprint density at radius 1 is 1.36 bits per heavy atom. The van der Waals surface area contributed by atoms with Gasteiger partial charge in [0.05, 0.1) is 12.9 Å². The predicted octanol–water partition coefficient (Wildman–Crippen LogP) is -3.34. The van der Waals surface area contributed by atoms with Gasteiger partial charge in [-0.2, -0.15) is 4.98 Å². The number of aliphatic hydroxyl groups excluding tert-OH is 3. The number of amides is 1. The first-order valence-corrected chi connectivity index (χ1v) is 7.48. The second-order valence-corrected chi connectivity index (χ2v) is 5.70. The quantitative estimate of drug-likeness (QED) is 0.365. The van der Waals surface area contributed by atoms with Gasteiger partial charge < -0.3 is 31.5 Å². The Hall–Kier alpha value is -2.54. The van der Waals surface area contributed by atoms with Gasteiger partial charge >= 0.3 is 0 Å². The van der Waals surface area contributed by atoms with E-state index in [9.17, 15) is 19.8 Å². The molecule has 0 aromatic carbocycles. The molecule has 2 aromatic rings. The molecule has 1 aliphatic heterocycles. The SMILES string of the molecule is NC(=O)CCn1c(N)nc2c(ncn2[C@@H]2O[C@H](CO)[C@@H](O)[C@H]2O)c1=O. The molecular formula is C13H18N6O6. The van der Waals surface area contributed by atoms with Crippen LogP contribution >= 0.6 is 0 Å². The number of nitrogens with two attached hydrogens (primary N) is 2. The van der Waals surface area contributed by atoms with E-state index in [1.54, 1.807) is 0 Å². The maximum atomic E-state index is 12.5. The molecule has 25 heavy (non-hydrogen) atoms. The van der Waals surface area contributed by atoms with Gasteiger partial charge in [-0.25, -0.2) is 4.98 Å². The normalized spacial score (nSPS) is 26.4. The third kappa shape index (κ3) is 2.84. The molecule has 3 heterocycles.